The van der Waals surface area contributed by atoms with Gasteiger partial charge in [-0.2, -0.15) is 0 Å². The Balaban J connectivity index is 1.93. The van der Waals surface area contributed by atoms with Gasteiger partial charge >= 0.3 is 0 Å². The number of nitrogens with one attached hydrogen (secondary N) is 1. The number of aryl methyl sites for hydroxylation is 2. The fraction of sp³-hybridized carbons (Fsp3) is 0.353. The summed E-state index contributed by atoms with van der Waals surface area (Å²) in [5, 5.41) is 7.61. The normalized spacial score (nSPS) is 11.3. The summed E-state index contributed by atoms with van der Waals surface area (Å²) < 4.78 is 5.26. The summed E-state index contributed by atoms with van der Waals surface area (Å²) in [5.41, 5.74) is 2.50. The van der Waals surface area contributed by atoms with Gasteiger partial charge in [0.25, 0.3) is 11.6 Å². The van der Waals surface area contributed by atoms with E-state index < -0.39 is 0 Å². The first kappa shape index (κ1) is 15.7. The summed E-state index contributed by atoms with van der Waals surface area (Å²) in [5.74, 6) is 0.0768. The zero-order chi connectivity index (χ0) is 16.6. The Bertz CT molecular complexity index is 864. The fourth-order valence-corrected chi connectivity index (χ4v) is 3.26. The summed E-state index contributed by atoms with van der Waals surface area (Å²) in [7, 11) is 0. The molecule has 23 heavy (non-hydrogen) atoms. The van der Waals surface area contributed by atoms with Crippen LogP contribution in [0.15, 0.2) is 22.7 Å². The molecule has 0 spiro atoms. The van der Waals surface area contributed by atoms with Gasteiger partial charge in [0.1, 0.15) is 0 Å². The van der Waals surface area contributed by atoms with Gasteiger partial charge in [0.05, 0.1) is 23.2 Å². The molecule has 0 aliphatic rings. The molecule has 0 saturated carbocycles. The number of amides is 1. The molecule has 6 heteroatoms. The summed E-state index contributed by atoms with van der Waals surface area (Å²) in [6, 6.07) is 5.93. The molecule has 3 aromatic rings. The quantitative estimate of drug-likeness (QED) is 0.787. The number of rotatable bonds is 4. The monoisotopic (exact) mass is 329 g/mol. The van der Waals surface area contributed by atoms with Gasteiger partial charge in [0.2, 0.25) is 0 Å². The molecule has 120 valence electrons. The Morgan fingerprint density at radius 2 is 2.13 bits per heavy atom. The van der Waals surface area contributed by atoms with Crippen molar-refractivity contribution in [1.82, 2.24) is 15.5 Å². The number of aromatic nitrogens is 2. The lowest BCUT2D eigenvalue weighted by Crippen LogP contribution is -2.23. The largest absolute Gasteiger partial charge is 0.347 e. The Hall–Kier alpha value is -2.21. The third-order valence-corrected chi connectivity index (χ3v) is 4.69. The van der Waals surface area contributed by atoms with Crippen molar-refractivity contribution in [3.05, 3.63) is 44.9 Å². The summed E-state index contributed by atoms with van der Waals surface area (Å²) in [6.07, 6.45) is 0. The molecule has 0 saturated heterocycles. The molecule has 0 aliphatic heterocycles. The first-order valence-corrected chi connectivity index (χ1v) is 8.37. The van der Waals surface area contributed by atoms with Crippen LogP contribution in [0.5, 0.6) is 0 Å². The lowest BCUT2D eigenvalue weighted by atomic mass is 10.0. The first-order valence-electron chi connectivity index (χ1n) is 7.56. The van der Waals surface area contributed by atoms with Gasteiger partial charge in [-0.3, -0.25) is 4.79 Å². The highest BCUT2D eigenvalue weighted by Crippen LogP contribution is 2.25. The molecule has 0 radical (unpaired) electrons. The molecule has 3 heterocycles. The van der Waals surface area contributed by atoms with Crippen molar-refractivity contribution in [3.63, 3.8) is 0 Å². The minimum absolute atomic E-state index is 0.128. The first-order chi connectivity index (χ1) is 11.0. The van der Waals surface area contributed by atoms with E-state index in [9.17, 15) is 4.79 Å². The van der Waals surface area contributed by atoms with Crippen molar-refractivity contribution >= 4 is 28.3 Å². The second-order valence-electron chi connectivity index (χ2n) is 5.89. The lowest BCUT2D eigenvalue weighted by molar-refractivity contribution is 0.0952. The van der Waals surface area contributed by atoms with E-state index in [0.717, 1.165) is 10.6 Å². The summed E-state index contributed by atoms with van der Waals surface area (Å²) in [4.78, 5) is 19.5. The predicted molar refractivity (Wildman–Crippen MR) is 90.9 cm³/mol. The van der Waals surface area contributed by atoms with Crippen LogP contribution in [0, 0.1) is 13.8 Å². The van der Waals surface area contributed by atoms with Crippen LogP contribution in [0.2, 0.25) is 0 Å². The van der Waals surface area contributed by atoms with Gasteiger partial charge < -0.3 is 9.84 Å². The van der Waals surface area contributed by atoms with Gasteiger partial charge in [-0.15, -0.1) is 11.3 Å². The Kier molecular flexibility index (Phi) is 4.17. The summed E-state index contributed by atoms with van der Waals surface area (Å²) in [6.45, 7) is 8.46. The molecule has 1 amide bonds. The van der Waals surface area contributed by atoms with E-state index in [1.54, 1.807) is 11.3 Å². The van der Waals surface area contributed by atoms with Crippen LogP contribution in [0.1, 0.15) is 51.3 Å². The van der Waals surface area contributed by atoms with Gasteiger partial charge in [0.15, 0.2) is 0 Å². The van der Waals surface area contributed by atoms with E-state index in [1.807, 2.05) is 32.9 Å². The number of hydrogen-bond acceptors (Lipinski definition) is 5. The highest BCUT2D eigenvalue weighted by Gasteiger charge is 2.19. The van der Waals surface area contributed by atoms with E-state index in [2.05, 4.69) is 28.4 Å². The smallest absolute Gasteiger partial charge is 0.259 e. The van der Waals surface area contributed by atoms with E-state index >= 15 is 0 Å². The minimum atomic E-state index is -0.128. The number of pyridine rings is 1. The molecule has 0 unspecified atom stereocenters. The number of carbonyl (C=O) groups is 1. The van der Waals surface area contributed by atoms with Crippen molar-refractivity contribution in [2.45, 2.75) is 40.2 Å². The number of nitrogens with zero attached hydrogens (tertiary/aromatic N) is 2. The highest BCUT2D eigenvalue weighted by atomic mass is 32.1. The fourth-order valence-electron chi connectivity index (χ4n) is 2.43. The molecular formula is C17H19N3O2S. The molecule has 5 nitrogen and oxygen atoms in total. The average Bonchev–Trinajstić information content (AvgIpc) is 3.10. The standard InChI is InChI=1S/C17H19N3O2S/c1-9(2)14-7-13(15-11(4)20-22-17(15)19-14)16(21)18-8-12-6-5-10(3)23-12/h5-7,9H,8H2,1-4H3,(H,18,21). The molecule has 3 aromatic heterocycles. The number of thiophene rings is 1. The minimum Gasteiger partial charge on any atom is -0.347 e. The number of hydrogen-bond donors (Lipinski definition) is 1. The van der Waals surface area contributed by atoms with Crippen LogP contribution < -0.4 is 5.32 Å². The van der Waals surface area contributed by atoms with E-state index in [4.69, 9.17) is 4.52 Å². The van der Waals surface area contributed by atoms with Crippen LogP contribution >= 0.6 is 11.3 Å². The van der Waals surface area contributed by atoms with Gasteiger partial charge in [-0.25, -0.2) is 4.98 Å². The molecule has 0 aromatic carbocycles. The second kappa shape index (κ2) is 6.12. The molecule has 0 bridgehead atoms. The predicted octanol–water partition coefficient (Wildman–Crippen LogP) is 3.95. The van der Waals surface area contributed by atoms with Crippen LogP contribution in [-0.2, 0) is 6.54 Å². The van der Waals surface area contributed by atoms with Gasteiger partial charge in [0, 0.05) is 15.4 Å². The van der Waals surface area contributed by atoms with Gasteiger partial charge in [-0.1, -0.05) is 19.0 Å². The van der Waals surface area contributed by atoms with Crippen molar-refractivity contribution in [3.8, 4) is 0 Å². The maximum atomic E-state index is 12.7. The molecule has 0 aliphatic carbocycles. The Morgan fingerprint density at radius 1 is 1.35 bits per heavy atom. The zero-order valence-corrected chi connectivity index (χ0v) is 14.5. The van der Waals surface area contributed by atoms with Crippen LogP contribution in [0.3, 0.4) is 0 Å². The van der Waals surface area contributed by atoms with E-state index in [1.165, 1.54) is 4.88 Å². The molecule has 3 rings (SSSR count). The molecule has 0 atom stereocenters. The third-order valence-electron chi connectivity index (χ3n) is 3.69. The number of fused-ring (bicyclic) bond motifs is 1. The average molecular weight is 329 g/mol. The second-order valence-corrected chi connectivity index (χ2v) is 7.27. The number of carbonyl (C=O) groups excluding carboxylic acids is 1. The maximum Gasteiger partial charge on any atom is 0.259 e. The van der Waals surface area contributed by atoms with Crippen LogP contribution in [0.4, 0.5) is 0 Å². The third kappa shape index (κ3) is 3.12. The molecule has 0 fully saturated rings. The highest BCUT2D eigenvalue weighted by molar-refractivity contribution is 7.11. The van der Waals surface area contributed by atoms with Crippen LogP contribution in [0.25, 0.3) is 11.1 Å². The zero-order valence-electron chi connectivity index (χ0n) is 13.6. The van der Waals surface area contributed by atoms with Crippen molar-refractivity contribution < 1.29 is 9.32 Å². The molecular weight excluding hydrogens is 310 g/mol. The SMILES string of the molecule is Cc1ccc(CNC(=O)c2cc(C(C)C)nc3onc(C)c23)s1. The van der Waals surface area contributed by atoms with E-state index in [0.29, 0.717) is 28.9 Å². The lowest BCUT2D eigenvalue weighted by Gasteiger charge is -2.09. The summed E-state index contributed by atoms with van der Waals surface area (Å²) >= 11 is 1.68. The molecule has 1 N–H and O–H groups in total. The maximum absolute atomic E-state index is 12.7. The Labute approximate surface area is 138 Å². The topological polar surface area (TPSA) is 68.0 Å². The van der Waals surface area contributed by atoms with Crippen molar-refractivity contribution in [1.29, 1.82) is 0 Å². The van der Waals surface area contributed by atoms with Crippen molar-refractivity contribution in [2.75, 3.05) is 0 Å². The van der Waals surface area contributed by atoms with Crippen LogP contribution in [-0.4, -0.2) is 16.0 Å². The Morgan fingerprint density at radius 3 is 2.78 bits per heavy atom. The van der Waals surface area contributed by atoms with Gasteiger partial charge in [-0.05, 0) is 38.0 Å². The van der Waals surface area contributed by atoms with Crippen molar-refractivity contribution in [2.24, 2.45) is 0 Å². The van der Waals surface area contributed by atoms with E-state index in [-0.39, 0.29) is 11.8 Å².